The Hall–Kier alpha value is -3.41. The fraction of sp³-hybridized carbons (Fsp3) is 0.150. The molecule has 3 aromatic rings. The molecule has 0 bridgehead atoms. The molecule has 0 saturated heterocycles. The summed E-state index contributed by atoms with van der Waals surface area (Å²) >= 11 is 0. The highest BCUT2D eigenvalue weighted by Gasteiger charge is 2.09. The van der Waals surface area contributed by atoms with Gasteiger partial charge in [0.05, 0.1) is 24.7 Å². The average Bonchev–Trinajstić information content (AvgIpc) is 2.67. The number of ether oxygens (including phenoxy) is 1. The number of amides is 1. The Morgan fingerprint density at radius 3 is 2.62 bits per heavy atom. The number of hydrogen-bond acceptors (Lipinski definition) is 5. The van der Waals surface area contributed by atoms with Gasteiger partial charge < -0.3 is 15.2 Å². The predicted molar refractivity (Wildman–Crippen MR) is 99.3 cm³/mol. The fourth-order valence-electron chi connectivity index (χ4n) is 2.34. The molecule has 0 saturated carbocycles. The van der Waals surface area contributed by atoms with Crippen molar-refractivity contribution in [3.05, 3.63) is 66.5 Å². The Bertz CT molecular complexity index is 895. The van der Waals surface area contributed by atoms with E-state index in [2.05, 4.69) is 15.3 Å². The summed E-state index contributed by atoms with van der Waals surface area (Å²) < 4.78 is 5.55. The highest BCUT2D eigenvalue weighted by atomic mass is 16.5. The molecule has 6 nitrogen and oxygen atoms in total. The van der Waals surface area contributed by atoms with Gasteiger partial charge in [-0.2, -0.15) is 0 Å². The van der Waals surface area contributed by atoms with Crippen LogP contribution in [0.1, 0.15) is 23.7 Å². The van der Waals surface area contributed by atoms with Crippen LogP contribution in [0.25, 0.3) is 11.4 Å². The first-order valence-electron chi connectivity index (χ1n) is 8.31. The van der Waals surface area contributed by atoms with Gasteiger partial charge in [0.25, 0.3) is 5.91 Å². The van der Waals surface area contributed by atoms with Crippen molar-refractivity contribution >= 4 is 11.6 Å². The van der Waals surface area contributed by atoms with E-state index in [-0.39, 0.29) is 11.7 Å². The first-order valence-corrected chi connectivity index (χ1v) is 8.31. The number of aromatic hydroxyl groups is 1. The molecule has 2 aromatic carbocycles. The molecule has 132 valence electrons. The van der Waals surface area contributed by atoms with Crippen LogP contribution < -0.4 is 10.1 Å². The molecule has 0 radical (unpaired) electrons. The molecule has 1 aromatic heterocycles. The highest BCUT2D eigenvalue weighted by Crippen LogP contribution is 2.20. The van der Waals surface area contributed by atoms with E-state index in [1.165, 1.54) is 12.4 Å². The normalized spacial score (nSPS) is 10.3. The van der Waals surface area contributed by atoms with Gasteiger partial charge in [-0.15, -0.1) is 0 Å². The summed E-state index contributed by atoms with van der Waals surface area (Å²) in [6.45, 7) is 2.63. The number of nitrogens with one attached hydrogen (secondary N) is 1. The quantitative estimate of drug-likeness (QED) is 0.705. The maximum absolute atomic E-state index is 12.4. The molecule has 0 aliphatic rings. The van der Waals surface area contributed by atoms with Crippen LogP contribution in [0.3, 0.4) is 0 Å². The second-order valence-corrected chi connectivity index (χ2v) is 5.68. The van der Waals surface area contributed by atoms with Crippen LogP contribution in [0.5, 0.6) is 11.5 Å². The van der Waals surface area contributed by atoms with E-state index in [1.54, 1.807) is 42.5 Å². The molecule has 1 heterocycles. The number of anilines is 1. The van der Waals surface area contributed by atoms with Gasteiger partial charge in [0.15, 0.2) is 5.82 Å². The Kier molecular flexibility index (Phi) is 5.43. The van der Waals surface area contributed by atoms with Gasteiger partial charge in [-0.05, 0) is 36.8 Å². The minimum absolute atomic E-state index is 0.147. The van der Waals surface area contributed by atoms with Crippen LogP contribution in [0.15, 0.2) is 60.9 Å². The second kappa shape index (κ2) is 8.11. The van der Waals surface area contributed by atoms with Gasteiger partial charge in [-0.1, -0.05) is 25.1 Å². The van der Waals surface area contributed by atoms with Crippen LogP contribution in [-0.4, -0.2) is 27.6 Å². The third-order valence-electron chi connectivity index (χ3n) is 3.58. The topological polar surface area (TPSA) is 84.3 Å². The summed E-state index contributed by atoms with van der Waals surface area (Å²) in [6.07, 6.45) is 3.96. The molecule has 6 heteroatoms. The summed E-state index contributed by atoms with van der Waals surface area (Å²) in [5, 5.41) is 12.3. The van der Waals surface area contributed by atoms with Crippen molar-refractivity contribution in [3.63, 3.8) is 0 Å². The largest absolute Gasteiger partial charge is 0.508 e. The van der Waals surface area contributed by atoms with Crippen LogP contribution >= 0.6 is 0 Å². The molecule has 0 spiro atoms. The molecule has 0 aliphatic heterocycles. The van der Waals surface area contributed by atoms with Crippen molar-refractivity contribution in [2.45, 2.75) is 13.3 Å². The first-order chi connectivity index (χ1) is 12.7. The number of nitrogens with zero attached hydrogens (tertiary/aromatic N) is 2. The number of carbonyl (C=O) groups is 1. The lowest BCUT2D eigenvalue weighted by atomic mass is 10.2. The van der Waals surface area contributed by atoms with E-state index in [1.807, 2.05) is 13.0 Å². The van der Waals surface area contributed by atoms with Crippen molar-refractivity contribution in [1.29, 1.82) is 0 Å². The van der Waals surface area contributed by atoms with Gasteiger partial charge >= 0.3 is 0 Å². The first kappa shape index (κ1) is 17.4. The zero-order valence-corrected chi connectivity index (χ0v) is 14.3. The Morgan fingerprint density at radius 2 is 1.88 bits per heavy atom. The van der Waals surface area contributed by atoms with E-state index in [9.17, 15) is 9.90 Å². The number of aromatic nitrogens is 2. The third kappa shape index (κ3) is 4.36. The lowest BCUT2D eigenvalue weighted by Gasteiger charge is -2.08. The summed E-state index contributed by atoms with van der Waals surface area (Å²) in [5.41, 5.74) is 1.68. The summed E-state index contributed by atoms with van der Waals surface area (Å²) in [7, 11) is 0. The third-order valence-corrected chi connectivity index (χ3v) is 3.58. The smallest absolute Gasteiger partial charge is 0.255 e. The summed E-state index contributed by atoms with van der Waals surface area (Å²) in [6, 6.07) is 13.7. The standard InChI is InChI=1S/C20H19N3O3/c1-2-9-26-18-8-4-6-15(11-18)20(25)23-16-12-21-19(22-13-16)14-5-3-7-17(24)10-14/h3-8,10-13,24H,2,9H2,1H3,(H,23,25). The SMILES string of the molecule is CCCOc1cccc(C(=O)Nc2cnc(-c3cccc(O)c3)nc2)c1. The molecular formula is C20H19N3O3. The molecule has 0 aliphatic carbocycles. The average molecular weight is 349 g/mol. The number of phenols is 1. The molecule has 0 unspecified atom stereocenters. The summed E-state index contributed by atoms with van der Waals surface area (Å²) in [4.78, 5) is 20.9. The Labute approximate surface area is 151 Å². The lowest BCUT2D eigenvalue weighted by molar-refractivity contribution is 0.102. The zero-order chi connectivity index (χ0) is 18.4. The van der Waals surface area contributed by atoms with E-state index >= 15 is 0 Å². The summed E-state index contributed by atoms with van der Waals surface area (Å²) in [5.74, 6) is 1.01. The van der Waals surface area contributed by atoms with Crippen LogP contribution in [-0.2, 0) is 0 Å². The van der Waals surface area contributed by atoms with Gasteiger partial charge in [-0.3, -0.25) is 4.79 Å². The zero-order valence-electron chi connectivity index (χ0n) is 14.3. The lowest BCUT2D eigenvalue weighted by Crippen LogP contribution is -2.12. The molecule has 2 N–H and O–H groups in total. The maximum Gasteiger partial charge on any atom is 0.255 e. The maximum atomic E-state index is 12.4. The van der Waals surface area contributed by atoms with Crippen molar-refractivity contribution in [2.75, 3.05) is 11.9 Å². The molecular weight excluding hydrogens is 330 g/mol. The van der Waals surface area contributed by atoms with E-state index in [4.69, 9.17) is 4.74 Å². The molecule has 0 atom stereocenters. The Balaban J connectivity index is 1.70. The van der Waals surface area contributed by atoms with Crippen molar-refractivity contribution in [3.8, 4) is 22.9 Å². The van der Waals surface area contributed by atoms with Crippen molar-refractivity contribution in [2.24, 2.45) is 0 Å². The Morgan fingerprint density at radius 1 is 1.12 bits per heavy atom. The molecule has 26 heavy (non-hydrogen) atoms. The molecule has 0 fully saturated rings. The van der Waals surface area contributed by atoms with E-state index in [0.29, 0.717) is 35.0 Å². The van der Waals surface area contributed by atoms with Crippen LogP contribution in [0.4, 0.5) is 5.69 Å². The second-order valence-electron chi connectivity index (χ2n) is 5.68. The number of benzene rings is 2. The van der Waals surface area contributed by atoms with Gasteiger partial charge in [0, 0.05) is 11.1 Å². The van der Waals surface area contributed by atoms with Gasteiger partial charge in [-0.25, -0.2) is 9.97 Å². The minimum Gasteiger partial charge on any atom is -0.508 e. The number of carbonyl (C=O) groups excluding carboxylic acids is 1. The monoisotopic (exact) mass is 349 g/mol. The van der Waals surface area contributed by atoms with Gasteiger partial charge in [0.1, 0.15) is 11.5 Å². The van der Waals surface area contributed by atoms with Gasteiger partial charge in [0.2, 0.25) is 0 Å². The fourth-order valence-corrected chi connectivity index (χ4v) is 2.34. The predicted octanol–water partition coefficient (Wildman–Crippen LogP) is 3.89. The molecule has 1 amide bonds. The van der Waals surface area contributed by atoms with Crippen LogP contribution in [0.2, 0.25) is 0 Å². The van der Waals surface area contributed by atoms with Crippen molar-refractivity contribution < 1.29 is 14.6 Å². The van der Waals surface area contributed by atoms with Crippen LogP contribution in [0, 0.1) is 0 Å². The number of phenolic OH excluding ortho intramolecular Hbond substituents is 1. The highest BCUT2D eigenvalue weighted by molar-refractivity contribution is 6.04. The number of rotatable bonds is 6. The van der Waals surface area contributed by atoms with E-state index < -0.39 is 0 Å². The molecule has 3 rings (SSSR count). The number of hydrogen-bond donors (Lipinski definition) is 2. The van der Waals surface area contributed by atoms with E-state index in [0.717, 1.165) is 6.42 Å². The minimum atomic E-state index is -0.263. The van der Waals surface area contributed by atoms with Crippen molar-refractivity contribution in [1.82, 2.24) is 9.97 Å².